The summed E-state index contributed by atoms with van der Waals surface area (Å²) in [7, 11) is 2.74. The first-order valence-corrected chi connectivity index (χ1v) is 13.9. The number of hydrogen-bond donors (Lipinski definition) is 0. The molecule has 4 rings (SSSR count). The zero-order valence-corrected chi connectivity index (χ0v) is 23.1. The fraction of sp³-hybridized carbons (Fsp3) is 0.345. The Kier molecular flexibility index (Phi) is 8.46. The van der Waals surface area contributed by atoms with Gasteiger partial charge in [0.05, 0.1) is 31.9 Å². The molecule has 0 radical (unpaired) electrons. The molecule has 38 heavy (non-hydrogen) atoms. The number of sulfonamides is 1. The number of aryl methyl sites for hydroxylation is 2. The van der Waals surface area contributed by atoms with Crippen molar-refractivity contribution in [2.45, 2.75) is 37.1 Å². The zero-order chi connectivity index (χ0) is 27.3. The van der Waals surface area contributed by atoms with Gasteiger partial charge in [0.2, 0.25) is 11.7 Å². The molecule has 1 heterocycles. The van der Waals surface area contributed by atoms with Gasteiger partial charge in [0, 0.05) is 26.6 Å². The second-order valence-electron chi connectivity index (χ2n) is 9.24. The first-order valence-electron chi connectivity index (χ1n) is 12.5. The van der Waals surface area contributed by atoms with Crippen molar-refractivity contribution in [1.29, 1.82) is 0 Å². The number of amides is 1. The van der Waals surface area contributed by atoms with E-state index in [2.05, 4.69) is 0 Å². The maximum absolute atomic E-state index is 13.4. The van der Waals surface area contributed by atoms with Crippen molar-refractivity contribution in [2.24, 2.45) is 0 Å². The van der Waals surface area contributed by atoms with E-state index in [-0.39, 0.29) is 10.8 Å². The van der Waals surface area contributed by atoms with Crippen LogP contribution in [0.4, 0.5) is 5.69 Å². The van der Waals surface area contributed by atoms with Gasteiger partial charge < -0.3 is 19.1 Å². The average molecular weight is 539 g/mol. The van der Waals surface area contributed by atoms with Gasteiger partial charge in [-0.25, -0.2) is 8.42 Å². The molecule has 0 N–H and O–H groups in total. The van der Waals surface area contributed by atoms with Crippen LogP contribution in [0.15, 0.2) is 65.6 Å². The zero-order valence-electron chi connectivity index (χ0n) is 22.3. The molecule has 0 aliphatic carbocycles. The highest BCUT2D eigenvalue weighted by atomic mass is 32.2. The van der Waals surface area contributed by atoms with Crippen LogP contribution in [0.2, 0.25) is 0 Å². The molecule has 202 valence electrons. The first kappa shape index (κ1) is 27.3. The summed E-state index contributed by atoms with van der Waals surface area (Å²) in [5.74, 6) is 1.54. The van der Waals surface area contributed by atoms with E-state index in [1.807, 2.05) is 36.4 Å². The Morgan fingerprint density at radius 2 is 1.58 bits per heavy atom. The van der Waals surface area contributed by atoms with Crippen LogP contribution >= 0.6 is 0 Å². The number of fused-ring (bicyclic) bond motifs is 1. The van der Waals surface area contributed by atoms with E-state index in [9.17, 15) is 13.2 Å². The van der Waals surface area contributed by atoms with Crippen molar-refractivity contribution in [1.82, 2.24) is 4.90 Å². The highest BCUT2D eigenvalue weighted by Crippen LogP contribution is 2.38. The summed E-state index contributed by atoms with van der Waals surface area (Å²) >= 11 is 0. The number of ether oxygens (including phenoxy) is 3. The van der Waals surface area contributed by atoms with Crippen LogP contribution in [0.1, 0.15) is 29.5 Å². The summed E-state index contributed by atoms with van der Waals surface area (Å²) in [5, 5.41) is 0. The number of anilines is 1. The van der Waals surface area contributed by atoms with E-state index in [0.29, 0.717) is 43.2 Å². The predicted molar refractivity (Wildman–Crippen MR) is 147 cm³/mol. The maximum atomic E-state index is 13.4. The van der Waals surface area contributed by atoms with E-state index < -0.39 is 10.0 Å². The molecular weight excluding hydrogens is 504 g/mol. The van der Waals surface area contributed by atoms with Crippen molar-refractivity contribution < 1.29 is 27.4 Å². The molecule has 8 nitrogen and oxygen atoms in total. The molecule has 3 aromatic carbocycles. The van der Waals surface area contributed by atoms with Crippen LogP contribution in [0.5, 0.6) is 17.2 Å². The third kappa shape index (κ3) is 5.72. The van der Waals surface area contributed by atoms with Crippen LogP contribution in [0, 0.1) is 0 Å². The number of rotatable bonds is 10. The van der Waals surface area contributed by atoms with Crippen molar-refractivity contribution in [3.63, 3.8) is 0 Å². The van der Waals surface area contributed by atoms with Crippen molar-refractivity contribution in [2.75, 3.05) is 39.2 Å². The Hall–Kier alpha value is -3.72. The molecule has 1 amide bonds. The quantitative estimate of drug-likeness (QED) is 0.379. The van der Waals surface area contributed by atoms with Gasteiger partial charge in [-0.1, -0.05) is 30.3 Å². The van der Waals surface area contributed by atoms with Gasteiger partial charge in [-0.2, -0.15) is 0 Å². The highest BCUT2D eigenvalue weighted by Gasteiger charge is 2.28. The van der Waals surface area contributed by atoms with Crippen LogP contribution in [-0.2, 0) is 34.2 Å². The molecule has 0 saturated heterocycles. The molecule has 0 fully saturated rings. The van der Waals surface area contributed by atoms with Crippen LogP contribution < -0.4 is 18.5 Å². The summed E-state index contributed by atoms with van der Waals surface area (Å²) in [5.41, 5.74) is 3.55. The van der Waals surface area contributed by atoms with Gasteiger partial charge in [0.25, 0.3) is 10.0 Å². The third-order valence-corrected chi connectivity index (χ3v) is 8.60. The average Bonchev–Trinajstić information content (AvgIpc) is 2.95. The molecular formula is C29H34N2O6S. The molecule has 0 aromatic heterocycles. The minimum Gasteiger partial charge on any atom is -0.493 e. The number of nitrogens with zero attached hydrogens (tertiary/aromatic N) is 2. The maximum Gasteiger partial charge on any atom is 0.264 e. The molecule has 1 aliphatic heterocycles. The second kappa shape index (κ2) is 11.8. The third-order valence-electron chi connectivity index (χ3n) is 6.78. The Labute approximate surface area is 224 Å². The van der Waals surface area contributed by atoms with Gasteiger partial charge >= 0.3 is 0 Å². The Morgan fingerprint density at radius 1 is 0.921 bits per heavy atom. The Bertz CT molecular complexity index is 1360. The van der Waals surface area contributed by atoms with Crippen molar-refractivity contribution in [3.8, 4) is 17.2 Å². The minimum atomic E-state index is -3.66. The van der Waals surface area contributed by atoms with Crippen molar-refractivity contribution >= 4 is 21.6 Å². The summed E-state index contributed by atoms with van der Waals surface area (Å²) in [6.45, 7) is 0.845. The lowest BCUT2D eigenvalue weighted by Crippen LogP contribution is -2.35. The molecule has 0 saturated carbocycles. The normalized spacial score (nSPS) is 13.0. The van der Waals surface area contributed by atoms with Crippen LogP contribution in [0.3, 0.4) is 0 Å². The van der Waals surface area contributed by atoms with Gasteiger partial charge in [0.15, 0.2) is 11.5 Å². The van der Waals surface area contributed by atoms with E-state index in [1.54, 1.807) is 57.5 Å². The second-order valence-corrected chi connectivity index (χ2v) is 11.1. The lowest BCUT2D eigenvalue weighted by molar-refractivity contribution is -0.130. The van der Waals surface area contributed by atoms with E-state index >= 15 is 0 Å². The summed E-state index contributed by atoms with van der Waals surface area (Å²) in [4.78, 5) is 14.7. The number of methoxy groups -OCH3 is 3. The molecule has 3 aromatic rings. The Morgan fingerprint density at radius 3 is 2.21 bits per heavy atom. The number of hydrogen-bond acceptors (Lipinski definition) is 6. The van der Waals surface area contributed by atoms with Crippen LogP contribution in [-0.4, -0.2) is 54.1 Å². The first-order chi connectivity index (χ1) is 18.3. The summed E-state index contributed by atoms with van der Waals surface area (Å²) < 4.78 is 44.4. The lowest BCUT2D eigenvalue weighted by atomic mass is 10.0. The van der Waals surface area contributed by atoms with Gasteiger partial charge in [-0.15, -0.1) is 0 Å². The van der Waals surface area contributed by atoms with Gasteiger partial charge in [0.1, 0.15) is 0 Å². The summed E-state index contributed by atoms with van der Waals surface area (Å²) in [6.07, 6.45) is 2.47. The fourth-order valence-corrected chi connectivity index (χ4v) is 6.28. The minimum absolute atomic E-state index is 0.0274. The van der Waals surface area contributed by atoms with Crippen LogP contribution in [0.25, 0.3) is 0 Å². The smallest absolute Gasteiger partial charge is 0.264 e. The molecule has 0 atom stereocenters. The van der Waals surface area contributed by atoms with E-state index in [0.717, 1.165) is 35.2 Å². The molecule has 0 bridgehead atoms. The molecule has 9 heteroatoms. The standard InChI is InChI=1S/C29H34N2O6S/c1-30(20-22-18-26(35-2)29(37-4)27(19-22)36-3)28(32)16-13-21-11-14-24(15-12-21)38(33,34)31-17-7-9-23-8-5-6-10-25(23)31/h5-6,8,10-12,14-15,18-19H,7,9,13,16-17,20H2,1-4H3. The lowest BCUT2D eigenvalue weighted by Gasteiger charge is -2.30. The Balaban J connectivity index is 1.39. The number of para-hydroxylation sites is 1. The molecule has 0 unspecified atom stereocenters. The van der Waals surface area contributed by atoms with E-state index in [4.69, 9.17) is 14.2 Å². The highest BCUT2D eigenvalue weighted by molar-refractivity contribution is 7.92. The van der Waals surface area contributed by atoms with Crippen molar-refractivity contribution in [3.05, 3.63) is 77.4 Å². The number of carbonyl (C=O) groups excluding carboxylic acids is 1. The predicted octanol–water partition coefficient (Wildman–Crippen LogP) is 4.45. The monoisotopic (exact) mass is 538 g/mol. The summed E-state index contributed by atoms with van der Waals surface area (Å²) in [6, 6.07) is 18.1. The molecule has 1 aliphatic rings. The van der Waals surface area contributed by atoms with Gasteiger partial charge in [-0.3, -0.25) is 9.10 Å². The van der Waals surface area contributed by atoms with E-state index in [1.165, 1.54) is 4.31 Å². The largest absolute Gasteiger partial charge is 0.493 e. The molecule has 0 spiro atoms. The van der Waals surface area contributed by atoms with Gasteiger partial charge in [-0.05, 0) is 66.3 Å². The number of carbonyl (C=O) groups is 1. The topological polar surface area (TPSA) is 85.4 Å². The SMILES string of the molecule is COc1cc(CN(C)C(=O)CCc2ccc(S(=O)(=O)N3CCCc4ccccc43)cc2)cc(OC)c1OC. The number of benzene rings is 3. The fourth-order valence-electron chi connectivity index (χ4n) is 4.73.